The third-order valence-corrected chi connectivity index (χ3v) is 3.16. The number of nitrogens with zero attached hydrogens (tertiary/aromatic N) is 1. The smallest absolute Gasteiger partial charge is 0.253 e. The van der Waals surface area contributed by atoms with Gasteiger partial charge in [-0.25, -0.2) is 0 Å². The minimum Gasteiger partial charge on any atom is -0.336 e. The van der Waals surface area contributed by atoms with Crippen LogP contribution in [0.5, 0.6) is 0 Å². The summed E-state index contributed by atoms with van der Waals surface area (Å²) in [7, 11) is 0. The number of hydrogen-bond donors (Lipinski definition) is 0. The van der Waals surface area contributed by atoms with E-state index in [0.717, 1.165) is 5.56 Å². The van der Waals surface area contributed by atoms with Crippen LogP contribution < -0.4 is 0 Å². The van der Waals surface area contributed by atoms with Gasteiger partial charge in [-0.15, -0.1) is 23.2 Å². The van der Waals surface area contributed by atoms with Crippen LogP contribution in [-0.4, -0.2) is 35.7 Å². The molecule has 0 N–H and O–H groups in total. The molecule has 0 unspecified atom stereocenters. The van der Waals surface area contributed by atoms with E-state index < -0.39 is 0 Å². The van der Waals surface area contributed by atoms with Crippen molar-refractivity contribution in [3.63, 3.8) is 0 Å². The van der Waals surface area contributed by atoms with E-state index >= 15 is 0 Å². The van der Waals surface area contributed by atoms with Crippen LogP contribution in [0.2, 0.25) is 5.02 Å². The normalized spacial score (nSPS) is 10.4. The summed E-state index contributed by atoms with van der Waals surface area (Å²) in [4.78, 5) is 13.8. The second-order valence-electron chi connectivity index (χ2n) is 3.63. The van der Waals surface area contributed by atoms with E-state index in [-0.39, 0.29) is 5.91 Å². The third kappa shape index (κ3) is 4.06. The lowest BCUT2D eigenvalue weighted by Gasteiger charge is -2.20. The number of amides is 1. The van der Waals surface area contributed by atoms with E-state index in [2.05, 4.69) is 0 Å². The molecule has 5 heteroatoms. The van der Waals surface area contributed by atoms with Crippen molar-refractivity contribution in [1.82, 2.24) is 4.90 Å². The first-order valence-corrected chi connectivity index (χ1v) is 6.72. The fraction of sp³-hybridized carbons (Fsp3) is 0.417. The zero-order valence-electron chi connectivity index (χ0n) is 9.55. The van der Waals surface area contributed by atoms with E-state index in [1.807, 2.05) is 13.0 Å². The second-order valence-corrected chi connectivity index (χ2v) is 4.80. The molecule has 1 aromatic rings. The van der Waals surface area contributed by atoms with Crippen molar-refractivity contribution in [2.45, 2.75) is 6.92 Å². The Hall–Kier alpha value is -0.440. The van der Waals surface area contributed by atoms with Crippen molar-refractivity contribution in [2.24, 2.45) is 0 Å². The first kappa shape index (κ1) is 14.6. The minimum atomic E-state index is -0.0896. The van der Waals surface area contributed by atoms with E-state index in [4.69, 9.17) is 34.8 Å². The van der Waals surface area contributed by atoms with Gasteiger partial charge in [0.1, 0.15) is 0 Å². The lowest BCUT2D eigenvalue weighted by Crippen LogP contribution is -2.34. The summed E-state index contributed by atoms with van der Waals surface area (Å²) in [6.07, 6.45) is 0. The van der Waals surface area contributed by atoms with Crippen LogP contribution in [0.4, 0.5) is 0 Å². The lowest BCUT2D eigenvalue weighted by molar-refractivity contribution is 0.0775. The molecular formula is C12H14Cl3NO. The number of hydrogen-bond acceptors (Lipinski definition) is 1. The molecule has 0 heterocycles. The highest BCUT2D eigenvalue weighted by atomic mass is 35.5. The minimum absolute atomic E-state index is 0.0896. The number of halogens is 3. The summed E-state index contributed by atoms with van der Waals surface area (Å²) in [6, 6.07) is 5.27. The van der Waals surface area contributed by atoms with Crippen molar-refractivity contribution in [2.75, 3.05) is 24.8 Å². The standard InChI is InChI=1S/C12H14Cl3NO/c1-9-2-3-10(8-11(9)15)12(17)16(6-4-13)7-5-14/h2-3,8H,4-7H2,1H3. The van der Waals surface area contributed by atoms with Gasteiger partial charge in [0.05, 0.1) is 0 Å². The van der Waals surface area contributed by atoms with Crippen LogP contribution >= 0.6 is 34.8 Å². The molecule has 0 aliphatic rings. The van der Waals surface area contributed by atoms with Crippen LogP contribution in [0.15, 0.2) is 18.2 Å². The molecular weight excluding hydrogens is 280 g/mol. The molecule has 94 valence electrons. The summed E-state index contributed by atoms with van der Waals surface area (Å²) >= 11 is 17.3. The Morgan fingerprint density at radius 3 is 2.29 bits per heavy atom. The van der Waals surface area contributed by atoms with Crippen LogP contribution in [0.3, 0.4) is 0 Å². The Labute approximate surface area is 116 Å². The summed E-state index contributed by atoms with van der Waals surface area (Å²) in [5.41, 5.74) is 1.51. The van der Waals surface area contributed by atoms with Gasteiger partial charge in [-0.3, -0.25) is 4.79 Å². The van der Waals surface area contributed by atoms with E-state index in [0.29, 0.717) is 35.4 Å². The average Bonchev–Trinajstić information content (AvgIpc) is 2.31. The van der Waals surface area contributed by atoms with Crippen molar-refractivity contribution in [3.05, 3.63) is 34.3 Å². The monoisotopic (exact) mass is 293 g/mol. The van der Waals surface area contributed by atoms with E-state index in [1.165, 1.54) is 0 Å². The second kappa shape index (κ2) is 7.10. The van der Waals surface area contributed by atoms with Gasteiger partial charge in [-0.1, -0.05) is 17.7 Å². The molecule has 0 aliphatic carbocycles. The molecule has 0 bridgehead atoms. The van der Waals surface area contributed by atoms with Crippen molar-refractivity contribution < 1.29 is 4.79 Å². The molecule has 17 heavy (non-hydrogen) atoms. The van der Waals surface area contributed by atoms with Crippen LogP contribution in [0.25, 0.3) is 0 Å². The summed E-state index contributed by atoms with van der Waals surface area (Å²) in [6.45, 7) is 2.86. The molecule has 0 atom stereocenters. The van der Waals surface area contributed by atoms with Gasteiger partial charge in [-0.2, -0.15) is 0 Å². The quantitative estimate of drug-likeness (QED) is 0.760. The number of carbonyl (C=O) groups is 1. The van der Waals surface area contributed by atoms with Gasteiger partial charge >= 0.3 is 0 Å². The zero-order valence-corrected chi connectivity index (χ0v) is 11.8. The fourth-order valence-electron chi connectivity index (χ4n) is 1.43. The number of rotatable bonds is 5. The molecule has 0 aromatic heterocycles. The number of carbonyl (C=O) groups excluding carboxylic acids is 1. The predicted octanol–water partition coefficient (Wildman–Crippen LogP) is 3.57. The van der Waals surface area contributed by atoms with Gasteiger partial charge in [0.2, 0.25) is 0 Å². The fourth-order valence-corrected chi connectivity index (χ4v) is 2.02. The van der Waals surface area contributed by atoms with E-state index in [1.54, 1.807) is 17.0 Å². The molecule has 0 aliphatic heterocycles. The predicted molar refractivity (Wildman–Crippen MR) is 73.5 cm³/mol. The topological polar surface area (TPSA) is 20.3 Å². The Kier molecular flexibility index (Phi) is 6.10. The maximum Gasteiger partial charge on any atom is 0.253 e. The molecule has 0 spiro atoms. The van der Waals surface area contributed by atoms with Gasteiger partial charge in [0, 0.05) is 35.4 Å². The number of benzene rings is 1. The summed E-state index contributed by atoms with van der Waals surface area (Å²) in [5.74, 6) is 0.693. The molecule has 0 saturated heterocycles. The van der Waals surface area contributed by atoms with Crippen molar-refractivity contribution in [3.8, 4) is 0 Å². The maximum absolute atomic E-state index is 12.1. The Balaban J connectivity index is 2.88. The highest BCUT2D eigenvalue weighted by Gasteiger charge is 2.15. The molecule has 1 amide bonds. The Bertz CT molecular complexity index is 389. The lowest BCUT2D eigenvalue weighted by atomic mass is 10.1. The van der Waals surface area contributed by atoms with Gasteiger partial charge < -0.3 is 4.90 Å². The Morgan fingerprint density at radius 2 is 1.82 bits per heavy atom. The Morgan fingerprint density at radius 1 is 1.24 bits per heavy atom. The van der Waals surface area contributed by atoms with E-state index in [9.17, 15) is 4.79 Å². The first-order valence-electron chi connectivity index (χ1n) is 5.27. The van der Waals surface area contributed by atoms with Crippen LogP contribution in [0.1, 0.15) is 15.9 Å². The molecule has 0 saturated carbocycles. The molecule has 0 radical (unpaired) electrons. The van der Waals surface area contributed by atoms with Crippen LogP contribution in [-0.2, 0) is 0 Å². The highest BCUT2D eigenvalue weighted by molar-refractivity contribution is 6.31. The SMILES string of the molecule is Cc1ccc(C(=O)N(CCCl)CCCl)cc1Cl. The number of aryl methyl sites for hydroxylation is 1. The largest absolute Gasteiger partial charge is 0.336 e. The highest BCUT2D eigenvalue weighted by Crippen LogP contribution is 2.18. The number of alkyl halides is 2. The van der Waals surface area contributed by atoms with Gasteiger partial charge in [0.15, 0.2) is 0 Å². The molecule has 0 fully saturated rings. The summed E-state index contributed by atoms with van der Waals surface area (Å²) < 4.78 is 0. The van der Waals surface area contributed by atoms with Crippen molar-refractivity contribution >= 4 is 40.7 Å². The average molecular weight is 295 g/mol. The zero-order chi connectivity index (χ0) is 12.8. The maximum atomic E-state index is 12.1. The molecule has 1 aromatic carbocycles. The van der Waals surface area contributed by atoms with Gasteiger partial charge in [-0.05, 0) is 24.6 Å². The molecule has 1 rings (SSSR count). The summed E-state index contributed by atoms with van der Waals surface area (Å²) in [5, 5.41) is 0.590. The van der Waals surface area contributed by atoms with Crippen LogP contribution in [0, 0.1) is 6.92 Å². The van der Waals surface area contributed by atoms with Crippen molar-refractivity contribution in [1.29, 1.82) is 0 Å². The first-order chi connectivity index (χ1) is 8.10. The third-order valence-electron chi connectivity index (χ3n) is 2.41. The van der Waals surface area contributed by atoms with Gasteiger partial charge in [0.25, 0.3) is 5.91 Å². The molecule has 2 nitrogen and oxygen atoms in total.